The van der Waals surface area contributed by atoms with Gasteiger partial charge < -0.3 is 14.6 Å². The number of hydrogen-bond acceptors (Lipinski definition) is 4. The Balaban J connectivity index is 3.88. The van der Waals surface area contributed by atoms with E-state index in [2.05, 4.69) is 4.84 Å². The maximum Gasteiger partial charge on any atom is 0.332 e. The van der Waals surface area contributed by atoms with Gasteiger partial charge in [-0.25, -0.2) is 4.79 Å². The average Bonchev–Trinajstić information content (AvgIpc) is 2.14. The molecule has 0 saturated carbocycles. The first-order valence-electron chi connectivity index (χ1n) is 4.86. The van der Waals surface area contributed by atoms with Gasteiger partial charge in [-0.15, -0.1) is 0 Å². The zero-order valence-corrected chi connectivity index (χ0v) is 9.93. The van der Waals surface area contributed by atoms with E-state index in [0.29, 0.717) is 12.8 Å². The first-order chi connectivity index (χ1) is 7.39. The van der Waals surface area contributed by atoms with Gasteiger partial charge >= 0.3 is 13.6 Å². The van der Waals surface area contributed by atoms with Gasteiger partial charge in [-0.1, -0.05) is 6.92 Å². The fraction of sp³-hybridized carbons (Fsp3) is 0.750. The van der Waals surface area contributed by atoms with Crippen molar-refractivity contribution in [2.24, 2.45) is 0 Å². The third-order valence-electron chi connectivity index (χ3n) is 1.62. The first-order valence-corrected chi connectivity index (χ1v) is 6.66. The molecule has 2 N–H and O–H groups in total. The van der Waals surface area contributed by atoms with Crippen molar-refractivity contribution in [1.29, 1.82) is 0 Å². The molecular formula is C8H16NO6P. The third-order valence-corrected chi connectivity index (χ3v) is 2.52. The predicted molar refractivity (Wildman–Crippen MR) is 55.3 cm³/mol. The summed E-state index contributed by atoms with van der Waals surface area (Å²) in [7, 11) is -4.06. The summed E-state index contributed by atoms with van der Waals surface area (Å²) in [4.78, 5) is 43.2. The zero-order chi connectivity index (χ0) is 12.6. The predicted octanol–water partition coefficient (Wildman–Crippen LogP) is 0.271. The van der Waals surface area contributed by atoms with E-state index in [-0.39, 0.29) is 25.5 Å². The Hall–Kier alpha value is -0.910. The molecule has 94 valence electrons. The second-order valence-corrected chi connectivity index (χ2v) is 4.98. The molecule has 0 atom stereocenters. The number of nitrogens with zero attached hydrogens (tertiary/aromatic N) is 1. The molecule has 0 bridgehead atoms. The highest BCUT2D eigenvalue weighted by Gasteiger charge is 2.14. The van der Waals surface area contributed by atoms with E-state index < -0.39 is 13.6 Å². The smallest absolute Gasteiger partial charge is 0.332 e. The van der Waals surface area contributed by atoms with Gasteiger partial charge in [0.15, 0.2) is 0 Å². The molecule has 0 aliphatic carbocycles. The first kappa shape index (κ1) is 15.1. The quantitative estimate of drug-likeness (QED) is 0.365. The van der Waals surface area contributed by atoms with Gasteiger partial charge in [0.1, 0.15) is 0 Å². The Bertz CT molecular complexity index is 276. The molecule has 0 aromatic heterocycles. The summed E-state index contributed by atoms with van der Waals surface area (Å²) < 4.78 is 10.5. The van der Waals surface area contributed by atoms with Crippen LogP contribution < -0.4 is 0 Å². The highest BCUT2D eigenvalue weighted by Crippen LogP contribution is 2.34. The van der Waals surface area contributed by atoms with Crippen LogP contribution in [0.25, 0.3) is 0 Å². The van der Waals surface area contributed by atoms with E-state index in [9.17, 15) is 14.2 Å². The van der Waals surface area contributed by atoms with Crippen LogP contribution in [0.3, 0.4) is 0 Å². The number of hydroxylamine groups is 2. The monoisotopic (exact) mass is 253 g/mol. The van der Waals surface area contributed by atoms with E-state index >= 15 is 0 Å². The highest BCUT2D eigenvalue weighted by atomic mass is 31.2. The molecule has 0 fully saturated rings. The van der Waals surface area contributed by atoms with Gasteiger partial charge in [-0.3, -0.25) is 9.36 Å². The molecule has 0 saturated heterocycles. The molecule has 0 radical (unpaired) electrons. The summed E-state index contributed by atoms with van der Waals surface area (Å²) in [6, 6.07) is 0. The fourth-order valence-corrected chi connectivity index (χ4v) is 1.49. The fourth-order valence-electron chi connectivity index (χ4n) is 0.933. The molecule has 7 nitrogen and oxygen atoms in total. The zero-order valence-electron chi connectivity index (χ0n) is 9.03. The van der Waals surface area contributed by atoms with Crippen molar-refractivity contribution in [3.63, 3.8) is 0 Å². The van der Waals surface area contributed by atoms with Gasteiger partial charge in [0, 0.05) is 6.42 Å². The van der Waals surface area contributed by atoms with Gasteiger partial charge in [0.25, 0.3) is 0 Å². The Morgan fingerprint density at radius 3 is 2.56 bits per heavy atom. The number of amides is 1. The van der Waals surface area contributed by atoms with E-state index in [0.717, 1.165) is 5.06 Å². The van der Waals surface area contributed by atoms with Gasteiger partial charge in [0.05, 0.1) is 12.7 Å². The molecule has 1 amide bonds. The van der Waals surface area contributed by atoms with Crippen molar-refractivity contribution >= 4 is 20.0 Å². The van der Waals surface area contributed by atoms with Gasteiger partial charge in [-0.05, 0) is 12.8 Å². The number of carbonyl (C=O) groups excluding carboxylic acids is 2. The Labute approximate surface area is 93.5 Å². The van der Waals surface area contributed by atoms with Crippen LogP contribution in [0.5, 0.6) is 0 Å². The van der Waals surface area contributed by atoms with E-state index in [4.69, 9.17) is 9.79 Å². The Kier molecular flexibility index (Phi) is 6.96. The average molecular weight is 253 g/mol. The van der Waals surface area contributed by atoms with E-state index in [1.54, 1.807) is 6.92 Å². The molecule has 0 rings (SSSR count). The van der Waals surface area contributed by atoms with Crippen LogP contribution in [0, 0.1) is 0 Å². The maximum atomic E-state index is 11.0. The van der Waals surface area contributed by atoms with E-state index in [1.165, 1.54) is 0 Å². The summed E-state index contributed by atoms with van der Waals surface area (Å²) >= 11 is 0. The molecule has 0 aliphatic heterocycles. The summed E-state index contributed by atoms with van der Waals surface area (Å²) in [6.07, 6.45) is 0.842. The van der Waals surface area contributed by atoms with Crippen molar-refractivity contribution in [2.45, 2.75) is 26.2 Å². The SMILES string of the molecule is CCCC(=O)ON(C=O)CCCP(=O)(O)O. The van der Waals surface area contributed by atoms with Crippen LogP contribution in [0.1, 0.15) is 26.2 Å². The maximum absolute atomic E-state index is 11.0. The van der Waals surface area contributed by atoms with Crippen LogP contribution in [-0.4, -0.2) is 39.9 Å². The number of carbonyl (C=O) groups is 2. The summed E-state index contributed by atoms with van der Waals surface area (Å²) in [5, 5.41) is 0.744. The van der Waals surface area contributed by atoms with E-state index in [1.807, 2.05) is 0 Å². The second kappa shape index (κ2) is 7.38. The largest absolute Gasteiger partial charge is 0.338 e. The minimum atomic E-state index is -4.06. The molecule has 0 aromatic rings. The lowest BCUT2D eigenvalue weighted by Crippen LogP contribution is -2.27. The van der Waals surface area contributed by atoms with Crippen LogP contribution in [0.2, 0.25) is 0 Å². The number of hydrogen-bond donors (Lipinski definition) is 2. The van der Waals surface area contributed by atoms with Crippen LogP contribution >= 0.6 is 7.60 Å². The van der Waals surface area contributed by atoms with Crippen LogP contribution in [0.4, 0.5) is 0 Å². The van der Waals surface area contributed by atoms with Crippen LogP contribution in [0.15, 0.2) is 0 Å². The van der Waals surface area contributed by atoms with Crippen molar-refractivity contribution in [2.75, 3.05) is 12.7 Å². The molecule has 0 aliphatic rings. The van der Waals surface area contributed by atoms with Crippen molar-refractivity contribution in [3.8, 4) is 0 Å². The molecule has 0 unspecified atom stereocenters. The minimum Gasteiger partial charge on any atom is -0.338 e. The molecule has 0 aromatic carbocycles. The normalized spacial score (nSPS) is 10.9. The molecule has 0 spiro atoms. The minimum absolute atomic E-state index is 0.0237. The van der Waals surface area contributed by atoms with Crippen LogP contribution in [-0.2, 0) is 19.0 Å². The summed E-state index contributed by atoms with van der Waals surface area (Å²) in [5.41, 5.74) is 0. The van der Waals surface area contributed by atoms with Gasteiger partial charge in [-0.2, -0.15) is 5.06 Å². The Morgan fingerprint density at radius 2 is 2.12 bits per heavy atom. The lowest BCUT2D eigenvalue weighted by atomic mass is 10.3. The molecule has 0 heterocycles. The third kappa shape index (κ3) is 8.40. The van der Waals surface area contributed by atoms with Crippen molar-refractivity contribution in [1.82, 2.24) is 5.06 Å². The molecule has 16 heavy (non-hydrogen) atoms. The van der Waals surface area contributed by atoms with Gasteiger partial charge in [0.2, 0.25) is 6.41 Å². The lowest BCUT2D eigenvalue weighted by molar-refractivity contribution is -0.190. The molecular weight excluding hydrogens is 237 g/mol. The topological polar surface area (TPSA) is 104 Å². The lowest BCUT2D eigenvalue weighted by Gasteiger charge is -2.15. The highest BCUT2D eigenvalue weighted by molar-refractivity contribution is 7.51. The summed E-state index contributed by atoms with van der Waals surface area (Å²) in [6.45, 7) is 1.77. The number of rotatable bonds is 8. The van der Waals surface area contributed by atoms with Crippen molar-refractivity contribution < 1.29 is 28.8 Å². The molecule has 8 heteroatoms. The second-order valence-electron chi connectivity index (χ2n) is 3.20. The standard InChI is InChI=1S/C8H16NO6P/c1-2-4-8(11)15-9(7-10)5-3-6-16(12,13)14/h7H,2-6H2,1H3,(H2,12,13,14). The van der Waals surface area contributed by atoms with Crippen molar-refractivity contribution in [3.05, 3.63) is 0 Å². The Morgan fingerprint density at radius 1 is 1.50 bits per heavy atom. The summed E-state index contributed by atoms with van der Waals surface area (Å²) in [5.74, 6) is -0.536.